The molecule has 5 heteroatoms. The molecule has 5 fully saturated rings. The molecule has 1 saturated heterocycles. The van der Waals surface area contributed by atoms with Crippen LogP contribution >= 0.6 is 0 Å². The molecule has 5 nitrogen and oxygen atoms in total. The lowest BCUT2D eigenvalue weighted by Gasteiger charge is -2.72. The van der Waals surface area contributed by atoms with Crippen LogP contribution in [0.5, 0.6) is 0 Å². The average Bonchev–Trinajstić information content (AvgIpc) is 3.50. The Morgan fingerprint density at radius 3 is 2.24 bits per heavy atom. The smallest absolute Gasteiger partial charge is 0.233 e. The van der Waals surface area contributed by atoms with Gasteiger partial charge in [0.25, 0.3) is 0 Å². The highest BCUT2D eigenvalue weighted by Gasteiger charge is 2.71. The second-order valence-electron chi connectivity index (χ2n) is 18.0. The van der Waals surface area contributed by atoms with Gasteiger partial charge in [0.2, 0.25) is 5.91 Å². The average molecular weight is 582 g/mol. The molecule has 9 atom stereocenters. The molecule has 0 aromatic carbocycles. The van der Waals surface area contributed by atoms with E-state index in [1.807, 2.05) is 18.7 Å². The second-order valence-corrected chi connectivity index (χ2v) is 18.0. The number of rotatable bonds is 3. The van der Waals surface area contributed by atoms with Gasteiger partial charge in [-0.3, -0.25) is 9.59 Å². The minimum Gasteiger partial charge on any atom is -0.393 e. The van der Waals surface area contributed by atoms with Gasteiger partial charge in [-0.2, -0.15) is 0 Å². The van der Waals surface area contributed by atoms with Gasteiger partial charge in [-0.05, 0) is 135 Å². The van der Waals surface area contributed by atoms with Crippen molar-refractivity contribution in [2.24, 2.45) is 50.7 Å². The van der Waals surface area contributed by atoms with Gasteiger partial charge in [0.15, 0.2) is 5.78 Å². The number of nitrogens with zero attached hydrogens (tertiary/aromatic N) is 1. The number of hydrogen-bond acceptors (Lipinski definition) is 4. The van der Waals surface area contributed by atoms with Crippen LogP contribution in [0, 0.1) is 50.7 Å². The van der Waals surface area contributed by atoms with Crippen molar-refractivity contribution in [1.82, 2.24) is 4.90 Å². The summed E-state index contributed by atoms with van der Waals surface area (Å²) in [6.45, 7) is 20.9. The Bertz CT molecular complexity index is 1190. The lowest BCUT2D eigenvalue weighted by molar-refractivity contribution is -0.228. The summed E-state index contributed by atoms with van der Waals surface area (Å²) >= 11 is 0. The SMILES string of the molecule is CC(C)C1=C2[C@H]3CC[C@@H]4[C@@]5(C)CC[C@H](O)C(C)(C)[C@@H]5CC[C@@]4(C)[C@]3(C)CC[C@@]2(C(=O)N2CCCC2C(C)(C)O)CC1=O. The van der Waals surface area contributed by atoms with Gasteiger partial charge in [-0.15, -0.1) is 0 Å². The lowest BCUT2D eigenvalue weighted by atomic mass is 9.33. The molecule has 4 saturated carbocycles. The quantitative estimate of drug-likeness (QED) is 0.373. The molecule has 0 aromatic heterocycles. The zero-order valence-corrected chi connectivity index (χ0v) is 28.1. The summed E-state index contributed by atoms with van der Waals surface area (Å²) < 4.78 is 0. The van der Waals surface area contributed by atoms with Crippen molar-refractivity contribution >= 4 is 11.7 Å². The topological polar surface area (TPSA) is 77.8 Å². The van der Waals surface area contributed by atoms with Crippen LogP contribution in [0.15, 0.2) is 11.1 Å². The van der Waals surface area contributed by atoms with E-state index in [9.17, 15) is 19.8 Å². The molecule has 1 heterocycles. The van der Waals surface area contributed by atoms with Gasteiger partial charge in [0.1, 0.15) is 0 Å². The number of ketones is 1. The van der Waals surface area contributed by atoms with E-state index in [4.69, 9.17) is 0 Å². The van der Waals surface area contributed by atoms with Crippen LogP contribution in [-0.4, -0.2) is 51.1 Å². The van der Waals surface area contributed by atoms with Crippen LogP contribution in [0.3, 0.4) is 0 Å². The van der Waals surface area contributed by atoms with Crippen LogP contribution in [-0.2, 0) is 9.59 Å². The van der Waals surface area contributed by atoms with E-state index in [0.717, 1.165) is 69.8 Å². The Hall–Kier alpha value is -1.20. The zero-order valence-electron chi connectivity index (χ0n) is 28.1. The maximum Gasteiger partial charge on any atom is 0.233 e. The molecule has 0 aromatic rings. The summed E-state index contributed by atoms with van der Waals surface area (Å²) in [5.41, 5.74) is 0.753. The van der Waals surface area contributed by atoms with Crippen molar-refractivity contribution in [2.45, 2.75) is 151 Å². The molecular formula is C37H59NO4. The summed E-state index contributed by atoms with van der Waals surface area (Å²) in [5, 5.41) is 22.1. The largest absolute Gasteiger partial charge is 0.393 e. The van der Waals surface area contributed by atoms with Crippen LogP contribution in [0.25, 0.3) is 0 Å². The molecule has 0 radical (unpaired) electrons. The first-order chi connectivity index (χ1) is 19.4. The lowest BCUT2D eigenvalue weighted by Crippen LogP contribution is -2.66. The monoisotopic (exact) mass is 581 g/mol. The fourth-order valence-corrected chi connectivity index (χ4v) is 12.9. The van der Waals surface area contributed by atoms with Crippen LogP contribution < -0.4 is 0 Å². The predicted molar refractivity (Wildman–Crippen MR) is 166 cm³/mol. The normalized spacial score (nSPS) is 46.8. The van der Waals surface area contributed by atoms with E-state index in [-0.39, 0.29) is 57.3 Å². The van der Waals surface area contributed by atoms with Gasteiger partial charge in [-0.25, -0.2) is 0 Å². The van der Waals surface area contributed by atoms with E-state index < -0.39 is 11.0 Å². The number of amides is 1. The first-order valence-electron chi connectivity index (χ1n) is 17.4. The molecule has 5 aliphatic carbocycles. The summed E-state index contributed by atoms with van der Waals surface area (Å²) in [5.74, 6) is 1.77. The van der Waals surface area contributed by atoms with Gasteiger partial charge in [0, 0.05) is 13.0 Å². The Morgan fingerprint density at radius 1 is 0.905 bits per heavy atom. The van der Waals surface area contributed by atoms with Gasteiger partial charge >= 0.3 is 0 Å². The number of aliphatic hydroxyl groups is 2. The van der Waals surface area contributed by atoms with Crippen molar-refractivity contribution in [3.05, 3.63) is 11.1 Å². The van der Waals surface area contributed by atoms with E-state index in [2.05, 4.69) is 48.5 Å². The predicted octanol–water partition coefficient (Wildman–Crippen LogP) is 7.09. The highest BCUT2D eigenvalue weighted by molar-refractivity contribution is 6.07. The first-order valence-corrected chi connectivity index (χ1v) is 17.4. The zero-order chi connectivity index (χ0) is 30.8. The van der Waals surface area contributed by atoms with Crippen molar-refractivity contribution < 1.29 is 19.8 Å². The van der Waals surface area contributed by atoms with Crippen molar-refractivity contribution in [3.63, 3.8) is 0 Å². The third-order valence-corrected chi connectivity index (χ3v) is 15.1. The maximum absolute atomic E-state index is 14.9. The Balaban J connectivity index is 1.43. The summed E-state index contributed by atoms with van der Waals surface area (Å²) in [6, 6.07) is -0.194. The molecule has 6 aliphatic rings. The van der Waals surface area contributed by atoms with Crippen LogP contribution in [0.2, 0.25) is 0 Å². The van der Waals surface area contributed by atoms with E-state index >= 15 is 0 Å². The standard InChI is InChI=1S/C37H59NO4/c1-22(2)29-24(39)21-37(31(41)38-20-10-11-27(38)33(5,6)42)19-18-35(8)23(30(29)37)12-13-26-34(7)16-15-28(40)32(3,4)25(34)14-17-36(26,35)9/h22-23,25-28,40,42H,10-21H2,1-9H3/t23-,25+,26-,27?,28+,34+,35-,36-,37-/m1/s1. The van der Waals surface area contributed by atoms with Gasteiger partial charge in [0.05, 0.1) is 23.2 Å². The summed E-state index contributed by atoms with van der Waals surface area (Å²) in [4.78, 5) is 30.8. The number of likely N-dealkylation sites (tertiary alicyclic amines) is 1. The van der Waals surface area contributed by atoms with Gasteiger partial charge in [-0.1, -0.05) is 48.5 Å². The minimum atomic E-state index is -0.958. The number of hydrogen-bond donors (Lipinski definition) is 2. The molecule has 0 bridgehead atoms. The molecule has 42 heavy (non-hydrogen) atoms. The van der Waals surface area contributed by atoms with Crippen molar-refractivity contribution in [2.75, 3.05) is 6.54 Å². The summed E-state index contributed by atoms with van der Waals surface area (Å²) in [6.07, 6.45) is 10.0. The number of carbonyl (C=O) groups is 2. The third-order valence-electron chi connectivity index (χ3n) is 15.1. The number of carbonyl (C=O) groups excluding carboxylic acids is 2. The first kappa shape index (κ1) is 30.8. The van der Waals surface area contributed by atoms with E-state index in [0.29, 0.717) is 24.8 Å². The maximum atomic E-state index is 14.9. The van der Waals surface area contributed by atoms with Crippen LogP contribution in [0.1, 0.15) is 133 Å². The summed E-state index contributed by atoms with van der Waals surface area (Å²) in [7, 11) is 0. The number of aliphatic hydroxyl groups excluding tert-OH is 1. The highest BCUT2D eigenvalue weighted by Crippen LogP contribution is 2.76. The second kappa shape index (κ2) is 9.41. The third kappa shape index (κ3) is 3.80. The van der Waals surface area contributed by atoms with E-state index in [1.54, 1.807) is 0 Å². The number of fused-ring (bicyclic) bond motifs is 7. The fraction of sp³-hybridized carbons (Fsp3) is 0.892. The van der Waals surface area contributed by atoms with Crippen molar-refractivity contribution in [1.29, 1.82) is 0 Å². The minimum absolute atomic E-state index is 0.0225. The Labute approximate surface area is 255 Å². The number of allylic oxidation sites excluding steroid dienone is 1. The molecule has 6 rings (SSSR count). The van der Waals surface area contributed by atoms with Crippen molar-refractivity contribution in [3.8, 4) is 0 Å². The highest BCUT2D eigenvalue weighted by atomic mass is 16.3. The Morgan fingerprint density at radius 2 is 1.60 bits per heavy atom. The Kier molecular flexibility index (Phi) is 6.90. The molecule has 1 amide bonds. The van der Waals surface area contributed by atoms with Crippen LogP contribution in [0.4, 0.5) is 0 Å². The molecule has 1 unspecified atom stereocenters. The van der Waals surface area contributed by atoms with E-state index in [1.165, 1.54) is 5.57 Å². The van der Waals surface area contributed by atoms with Gasteiger partial charge < -0.3 is 15.1 Å². The fourth-order valence-electron chi connectivity index (χ4n) is 12.9. The molecule has 2 N–H and O–H groups in total. The number of Topliss-reactive ketones (excluding diaryl/α,β-unsaturated/α-hetero) is 1. The molecular weight excluding hydrogens is 522 g/mol. The molecule has 0 spiro atoms. The molecule has 1 aliphatic heterocycles. The molecule has 236 valence electrons.